The molecule has 0 bridgehead atoms. The second-order valence-corrected chi connectivity index (χ2v) is 5.75. The van der Waals surface area contributed by atoms with E-state index in [0.717, 1.165) is 23.0 Å². The fourth-order valence-corrected chi connectivity index (χ4v) is 2.84. The molecule has 0 aliphatic heterocycles. The van der Waals surface area contributed by atoms with Gasteiger partial charge in [-0.3, -0.25) is 0 Å². The summed E-state index contributed by atoms with van der Waals surface area (Å²) in [4.78, 5) is 8.79. The molecular formula is C14H16BFN2O2S. The first-order chi connectivity index (χ1) is 9.88. The molecule has 0 fully saturated rings. The lowest BCUT2D eigenvalue weighted by Crippen LogP contribution is -2.33. The van der Waals surface area contributed by atoms with E-state index in [-0.39, 0.29) is 5.46 Å². The van der Waals surface area contributed by atoms with Gasteiger partial charge in [-0.05, 0) is 49.5 Å². The van der Waals surface area contributed by atoms with Crippen LogP contribution in [-0.2, 0) is 5.75 Å². The minimum absolute atomic E-state index is 0.169. The van der Waals surface area contributed by atoms with E-state index in [9.17, 15) is 14.4 Å². The van der Waals surface area contributed by atoms with Crippen molar-refractivity contribution in [3.8, 4) is 0 Å². The van der Waals surface area contributed by atoms with Gasteiger partial charge in [-0.25, -0.2) is 14.4 Å². The molecule has 0 saturated carbocycles. The summed E-state index contributed by atoms with van der Waals surface area (Å²) in [6.07, 6.45) is 0. The van der Waals surface area contributed by atoms with Crippen molar-refractivity contribution in [2.24, 2.45) is 0 Å². The molecule has 4 nitrogen and oxygen atoms in total. The first kappa shape index (κ1) is 15.9. The number of benzene rings is 1. The summed E-state index contributed by atoms with van der Waals surface area (Å²) in [6, 6.07) is 3.98. The summed E-state index contributed by atoms with van der Waals surface area (Å²) in [6.45, 7) is 5.82. The van der Waals surface area contributed by atoms with Crippen molar-refractivity contribution in [3.05, 3.63) is 46.5 Å². The van der Waals surface area contributed by atoms with Gasteiger partial charge in [0.1, 0.15) is 5.82 Å². The highest BCUT2D eigenvalue weighted by atomic mass is 32.2. The molecule has 7 heteroatoms. The molecule has 0 saturated heterocycles. The minimum Gasteiger partial charge on any atom is -0.423 e. The monoisotopic (exact) mass is 306 g/mol. The Balaban J connectivity index is 2.21. The third-order valence-electron chi connectivity index (χ3n) is 3.35. The fourth-order valence-electron chi connectivity index (χ4n) is 1.89. The number of hydrogen-bond donors (Lipinski definition) is 2. The van der Waals surface area contributed by atoms with Crippen molar-refractivity contribution < 1.29 is 14.4 Å². The van der Waals surface area contributed by atoms with Crippen LogP contribution in [0.25, 0.3) is 0 Å². The number of hydrogen-bond acceptors (Lipinski definition) is 5. The average molecular weight is 306 g/mol. The van der Waals surface area contributed by atoms with Crippen LogP contribution in [0.2, 0.25) is 0 Å². The smallest absolute Gasteiger partial charge is 0.423 e. The van der Waals surface area contributed by atoms with Crippen LogP contribution in [-0.4, -0.2) is 27.1 Å². The van der Waals surface area contributed by atoms with Crippen molar-refractivity contribution in [1.82, 2.24) is 9.97 Å². The van der Waals surface area contributed by atoms with Crippen LogP contribution >= 0.6 is 11.8 Å². The van der Waals surface area contributed by atoms with Gasteiger partial charge in [0.25, 0.3) is 0 Å². The van der Waals surface area contributed by atoms with Gasteiger partial charge in [-0.15, -0.1) is 0 Å². The maximum atomic E-state index is 13.2. The maximum absolute atomic E-state index is 13.2. The maximum Gasteiger partial charge on any atom is 0.488 e. The molecule has 2 aromatic rings. The first-order valence-electron chi connectivity index (χ1n) is 6.47. The summed E-state index contributed by atoms with van der Waals surface area (Å²) in [5.74, 6) is -0.0556. The molecule has 21 heavy (non-hydrogen) atoms. The van der Waals surface area contributed by atoms with Crippen LogP contribution in [0, 0.1) is 26.6 Å². The quantitative estimate of drug-likeness (QED) is 0.509. The summed E-state index contributed by atoms with van der Waals surface area (Å²) in [5, 5.41) is 19.2. The predicted octanol–water partition coefficient (Wildman–Crippen LogP) is 1.51. The molecular weight excluding hydrogens is 290 g/mol. The van der Waals surface area contributed by atoms with Crippen molar-refractivity contribution in [2.45, 2.75) is 31.7 Å². The zero-order valence-corrected chi connectivity index (χ0v) is 12.9. The van der Waals surface area contributed by atoms with Gasteiger partial charge < -0.3 is 10.0 Å². The Bertz CT molecular complexity index is 644. The zero-order valence-electron chi connectivity index (χ0n) is 12.1. The van der Waals surface area contributed by atoms with Crippen molar-refractivity contribution in [2.75, 3.05) is 0 Å². The summed E-state index contributed by atoms with van der Waals surface area (Å²) >= 11 is 1.38. The number of aryl methyl sites for hydroxylation is 2. The molecule has 0 aliphatic carbocycles. The van der Waals surface area contributed by atoms with Crippen LogP contribution in [0.1, 0.15) is 22.5 Å². The van der Waals surface area contributed by atoms with E-state index < -0.39 is 12.9 Å². The van der Waals surface area contributed by atoms with E-state index in [2.05, 4.69) is 9.97 Å². The molecule has 2 rings (SSSR count). The number of aromatic nitrogens is 2. The molecule has 2 N–H and O–H groups in total. The van der Waals surface area contributed by atoms with Crippen LogP contribution < -0.4 is 5.46 Å². The summed E-state index contributed by atoms with van der Waals surface area (Å²) in [7, 11) is -1.70. The lowest BCUT2D eigenvalue weighted by molar-refractivity contribution is 0.425. The molecule has 0 atom stereocenters. The van der Waals surface area contributed by atoms with Gasteiger partial charge in [-0.1, -0.05) is 17.8 Å². The van der Waals surface area contributed by atoms with Crippen molar-refractivity contribution >= 4 is 24.3 Å². The Kier molecular flexibility index (Phi) is 4.98. The second kappa shape index (κ2) is 6.55. The number of halogens is 1. The lowest BCUT2D eigenvalue weighted by atomic mass is 9.77. The van der Waals surface area contributed by atoms with Gasteiger partial charge in [0.15, 0.2) is 5.16 Å². The number of thioether (sulfide) groups is 1. The summed E-state index contributed by atoms with van der Waals surface area (Å²) in [5.41, 5.74) is 3.73. The molecule has 1 aromatic carbocycles. The van der Waals surface area contributed by atoms with Crippen LogP contribution in [0.5, 0.6) is 0 Å². The predicted molar refractivity (Wildman–Crippen MR) is 82.0 cm³/mol. The SMILES string of the molecule is Cc1nc(SCc2ccc(F)cc2B(O)O)nc(C)c1C. The van der Waals surface area contributed by atoms with Crippen LogP contribution in [0.3, 0.4) is 0 Å². The highest BCUT2D eigenvalue weighted by molar-refractivity contribution is 7.98. The van der Waals surface area contributed by atoms with E-state index in [1.54, 1.807) is 6.07 Å². The third-order valence-corrected chi connectivity index (χ3v) is 4.25. The summed E-state index contributed by atoms with van der Waals surface area (Å²) < 4.78 is 13.2. The molecule has 110 valence electrons. The van der Waals surface area contributed by atoms with E-state index in [4.69, 9.17) is 0 Å². The Hall–Kier alpha value is -1.44. The Morgan fingerprint density at radius 1 is 1.14 bits per heavy atom. The molecule has 0 aliphatic rings. The van der Waals surface area contributed by atoms with Gasteiger partial charge in [-0.2, -0.15) is 0 Å². The third kappa shape index (κ3) is 3.81. The largest absolute Gasteiger partial charge is 0.488 e. The lowest BCUT2D eigenvalue weighted by Gasteiger charge is -2.10. The Morgan fingerprint density at radius 2 is 1.76 bits per heavy atom. The van der Waals surface area contributed by atoms with E-state index in [1.807, 2.05) is 20.8 Å². The normalized spacial score (nSPS) is 10.8. The van der Waals surface area contributed by atoms with E-state index in [1.165, 1.54) is 17.8 Å². The topological polar surface area (TPSA) is 66.2 Å². The zero-order chi connectivity index (χ0) is 15.6. The Morgan fingerprint density at radius 3 is 2.33 bits per heavy atom. The number of nitrogens with zero attached hydrogens (tertiary/aromatic N) is 2. The number of rotatable bonds is 4. The van der Waals surface area contributed by atoms with E-state index in [0.29, 0.717) is 16.5 Å². The molecule has 1 aromatic heterocycles. The highest BCUT2D eigenvalue weighted by Crippen LogP contribution is 2.21. The average Bonchev–Trinajstić information content (AvgIpc) is 2.43. The van der Waals surface area contributed by atoms with Crippen molar-refractivity contribution in [1.29, 1.82) is 0 Å². The van der Waals surface area contributed by atoms with Crippen molar-refractivity contribution in [3.63, 3.8) is 0 Å². The standard InChI is InChI=1S/C14H16BFN2O2S/c1-8-9(2)17-14(18-10(8)3)21-7-11-4-5-12(16)6-13(11)15(19)20/h4-6,19-20H,7H2,1-3H3. The van der Waals surface area contributed by atoms with Crippen LogP contribution in [0.15, 0.2) is 23.4 Å². The van der Waals surface area contributed by atoms with Gasteiger partial charge in [0.05, 0.1) is 0 Å². The van der Waals surface area contributed by atoms with Gasteiger partial charge in [0, 0.05) is 17.1 Å². The van der Waals surface area contributed by atoms with Gasteiger partial charge >= 0.3 is 7.12 Å². The van der Waals surface area contributed by atoms with E-state index >= 15 is 0 Å². The molecule has 0 amide bonds. The second-order valence-electron chi connectivity index (χ2n) is 4.81. The fraction of sp³-hybridized carbons (Fsp3) is 0.286. The molecule has 0 spiro atoms. The first-order valence-corrected chi connectivity index (χ1v) is 7.46. The molecule has 1 heterocycles. The van der Waals surface area contributed by atoms with Gasteiger partial charge in [0.2, 0.25) is 0 Å². The molecule has 0 unspecified atom stereocenters. The van der Waals surface area contributed by atoms with Crippen LogP contribution in [0.4, 0.5) is 4.39 Å². The minimum atomic E-state index is -1.70. The molecule has 0 radical (unpaired) electrons. The Labute approximate surface area is 127 Å². The highest BCUT2D eigenvalue weighted by Gasteiger charge is 2.17.